The van der Waals surface area contributed by atoms with Gasteiger partial charge in [-0.2, -0.15) is 8.78 Å². The molecule has 3 nitrogen and oxygen atoms in total. The Hall–Kier alpha value is -1.65. The summed E-state index contributed by atoms with van der Waals surface area (Å²) < 4.78 is 38.7. The van der Waals surface area contributed by atoms with Crippen LogP contribution in [0, 0.1) is 23.5 Å². The fourth-order valence-electron chi connectivity index (χ4n) is 3.59. The fraction of sp³-hybridized carbons (Fsp3) is 0.682. The number of hydrogen-bond donors (Lipinski definition) is 0. The Balaban J connectivity index is 1.86. The van der Waals surface area contributed by atoms with Crippen LogP contribution in [-0.2, 0) is 4.79 Å². The number of rotatable bonds is 10. The van der Waals surface area contributed by atoms with Gasteiger partial charge in [0.1, 0.15) is 0 Å². The van der Waals surface area contributed by atoms with E-state index in [-0.39, 0.29) is 17.4 Å². The molecule has 1 aromatic rings. The molecule has 5 heteroatoms. The summed E-state index contributed by atoms with van der Waals surface area (Å²) in [7, 11) is 0. The Bertz CT molecular complexity index is 595. The van der Waals surface area contributed by atoms with Gasteiger partial charge in [-0.25, -0.2) is 0 Å². The Morgan fingerprint density at radius 1 is 0.963 bits per heavy atom. The third-order valence-corrected chi connectivity index (χ3v) is 5.37. The predicted molar refractivity (Wildman–Crippen MR) is 102 cm³/mol. The van der Waals surface area contributed by atoms with Crippen LogP contribution in [0.2, 0.25) is 0 Å². The lowest BCUT2D eigenvalue weighted by Crippen LogP contribution is -2.26. The second-order valence-electron chi connectivity index (χ2n) is 7.53. The van der Waals surface area contributed by atoms with Crippen molar-refractivity contribution >= 4 is 5.97 Å². The minimum absolute atomic E-state index is 0.145. The third-order valence-electron chi connectivity index (χ3n) is 5.37. The van der Waals surface area contributed by atoms with Crippen LogP contribution in [0.3, 0.4) is 0 Å². The molecule has 0 bridgehead atoms. The van der Waals surface area contributed by atoms with E-state index in [1.54, 1.807) is 0 Å². The number of benzene rings is 1. The first-order valence-electron chi connectivity index (χ1n) is 10.4. The van der Waals surface area contributed by atoms with Crippen LogP contribution in [-0.4, -0.2) is 12.6 Å². The van der Waals surface area contributed by atoms with E-state index >= 15 is 0 Å². The SMILES string of the molecule is CCCCC[C@H]1CC[C@H](C(=O)Oc2ccc(OCCCC)c(F)c2F)CC1. The minimum Gasteiger partial charge on any atom is -0.490 e. The van der Waals surface area contributed by atoms with E-state index in [1.807, 2.05) is 6.92 Å². The molecule has 27 heavy (non-hydrogen) atoms. The summed E-state index contributed by atoms with van der Waals surface area (Å²) in [5.74, 6) is -2.77. The van der Waals surface area contributed by atoms with Gasteiger partial charge in [0.05, 0.1) is 12.5 Å². The summed E-state index contributed by atoms with van der Waals surface area (Å²) in [6.07, 6.45) is 10.1. The summed E-state index contributed by atoms with van der Waals surface area (Å²) in [5, 5.41) is 0. The second kappa shape index (κ2) is 11.3. The van der Waals surface area contributed by atoms with Crippen molar-refractivity contribution in [2.45, 2.75) is 78.1 Å². The smallest absolute Gasteiger partial charge is 0.314 e. The van der Waals surface area contributed by atoms with E-state index in [2.05, 4.69) is 6.92 Å². The van der Waals surface area contributed by atoms with E-state index in [4.69, 9.17) is 9.47 Å². The fourth-order valence-corrected chi connectivity index (χ4v) is 3.59. The zero-order chi connectivity index (χ0) is 19.6. The zero-order valence-electron chi connectivity index (χ0n) is 16.6. The van der Waals surface area contributed by atoms with Crippen LogP contribution in [0.25, 0.3) is 0 Å². The van der Waals surface area contributed by atoms with Crippen molar-refractivity contribution in [1.82, 2.24) is 0 Å². The van der Waals surface area contributed by atoms with Crippen LogP contribution >= 0.6 is 0 Å². The lowest BCUT2D eigenvalue weighted by molar-refractivity contribution is -0.140. The van der Waals surface area contributed by atoms with Gasteiger partial charge in [-0.05, 0) is 50.2 Å². The quantitative estimate of drug-likeness (QED) is 0.265. The lowest BCUT2D eigenvalue weighted by Gasteiger charge is -2.27. The molecule has 0 spiro atoms. The van der Waals surface area contributed by atoms with Gasteiger partial charge in [0.2, 0.25) is 11.6 Å². The van der Waals surface area contributed by atoms with Gasteiger partial charge >= 0.3 is 5.97 Å². The maximum Gasteiger partial charge on any atom is 0.314 e. The normalized spacial score (nSPS) is 19.7. The van der Waals surface area contributed by atoms with Crippen molar-refractivity contribution in [3.8, 4) is 11.5 Å². The largest absolute Gasteiger partial charge is 0.490 e. The minimum atomic E-state index is -1.16. The molecule has 0 radical (unpaired) electrons. The summed E-state index contributed by atoms with van der Waals surface area (Å²) in [5.41, 5.74) is 0. The molecule has 1 saturated carbocycles. The van der Waals surface area contributed by atoms with Gasteiger partial charge in [0, 0.05) is 0 Å². The standard InChI is InChI=1S/C22H32F2O3/c1-3-5-7-8-16-9-11-17(12-10-16)22(25)27-19-14-13-18(20(23)21(19)24)26-15-6-4-2/h13-14,16-17H,3-12,15H2,1-2H3/t16-,17-. The van der Waals surface area contributed by atoms with Gasteiger partial charge in [0.15, 0.2) is 11.5 Å². The highest BCUT2D eigenvalue weighted by molar-refractivity contribution is 5.75. The third kappa shape index (κ3) is 6.47. The van der Waals surface area contributed by atoms with E-state index in [0.717, 1.165) is 38.5 Å². The first-order valence-corrected chi connectivity index (χ1v) is 10.4. The number of esters is 1. The molecule has 1 fully saturated rings. The summed E-state index contributed by atoms with van der Waals surface area (Å²) in [4.78, 5) is 12.4. The molecule has 1 aliphatic carbocycles. The second-order valence-corrected chi connectivity index (χ2v) is 7.53. The number of ether oxygens (including phenoxy) is 2. The van der Waals surface area contributed by atoms with Crippen LogP contribution in [0.1, 0.15) is 78.1 Å². The van der Waals surface area contributed by atoms with Crippen LogP contribution in [0.4, 0.5) is 8.78 Å². The van der Waals surface area contributed by atoms with Crippen LogP contribution in [0.5, 0.6) is 11.5 Å². The van der Waals surface area contributed by atoms with Crippen molar-refractivity contribution in [3.63, 3.8) is 0 Å². The molecule has 2 rings (SSSR count). The molecule has 0 aromatic heterocycles. The van der Waals surface area contributed by atoms with Gasteiger partial charge in [-0.15, -0.1) is 0 Å². The molecular formula is C22H32F2O3. The van der Waals surface area contributed by atoms with Gasteiger partial charge < -0.3 is 9.47 Å². The van der Waals surface area contributed by atoms with Gasteiger partial charge in [-0.1, -0.05) is 46.0 Å². The molecule has 0 heterocycles. The topological polar surface area (TPSA) is 35.5 Å². The first kappa shape index (κ1) is 21.6. The van der Waals surface area contributed by atoms with Crippen molar-refractivity contribution in [2.24, 2.45) is 11.8 Å². The number of carbonyl (C=O) groups excluding carboxylic acids is 1. The maximum atomic E-state index is 14.2. The Labute approximate surface area is 161 Å². The molecule has 0 saturated heterocycles. The average Bonchev–Trinajstić information content (AvgIpc) is 2.68. The highest BCUT2D eigenvalue weighted by Gasteiger charge is 2.28. The van der Waals surface area contributed by atoms with Crippen molar-refractivity contribution in [1.29, 1.82) is 0 Å². The summed E-state index contributed by atoms with van der Waals surface area (Å²) >= 11 is 0. The number of halogens is 2. The lowest BCUT2D eigenvalue weighted by atomic mass is 9.80. The van der Waals surface area contributed by atoms with Crippen molar-refractivity contribution in [3.05, 3.63) is 23.8 Å². The predicted octanol–water partition coefficient (Wildman–Crippen LogP) is 6.44. The van der Waals surface area contributed by atoms with Gasteiger partial charge in [0.25, 0.3) is 0 Å². The molecule has 152 valence electrons. The van der Waals surface area contributed by atoms with Crippen molar-refractivity contribution < 1.29 is 23.0 Å². The monoisotopic (exact) mass is 382 g/mol. The molecule has 0 atom stereocenters. The maximum absolute atomic E-state index is 14.2. The first-order chi connectivity index (χ1) is 13.1. The summed E-state index contributed by atoms with van der Waals surface area (Å²) in [6.45, 7) is 4.51. The average molecular weight is 382 g/mol. The molecule has 0 aliphatic heterocycles. The Morgan fingerprint density at radius 2 is 1.59 bits per heavy atom. The number of unbranched alkanes of at least 4 members (excludes halogenated alkanes) is 3. The number of carbonyl (C=O) groups is 1. The highest BCUT2D eigenvalue weighted by Crippen LogP contribution is 2.34. The molecule has 0 unspecified atom stereocenters. The van der Waals surface area contributed by atoms with Crippen LogP contribution < -0.4 is 9.47 Å². The van der Waals surface area contributed by atoms with Crippen molar-refractivity contribution in [2.75, 3.05) is 6.61 Å². The molecule has 1 aromatic carbocycles. The number of hydrogen-bond acceptors (Lipinski definition) is 3. The molecular weight excluding hydrogens is 350 g/mol. The van der Waals surface area contributed by atoms with Crippen LogP contribution in [0.15, 0.2) is 12.1 Å². The van der Waals surface area contributed by atoms with E-state index in [9.17, 15) is 13.6 Å². The Kier molecular flexibility index (Phi) is 9.02. The molecule has 0 N–H and O–H groups in total. The molecule has 1 aliphatic rings. The zero-order valence-corrected chi connectivity index (χ0v) is 16.6. The van der Waals surface area contributed by atoms with E-state index in [0.29, 0.717) is 12.5 Å². The summed E-state index contributed by atoms with van der Waals surface area (Å²) in [6, 6.07) is 2.59. The Morgan fingerprint density at radius 3 is 2.26 bits per heavy atom. The van der Waals surface area contributed by atoms with Gasteiger partial charge in [-0.3, -0.25) is 4.79 Å². The molecule has 0 amide bonds. The highest BCUT2D eigenvalue weighted by atomic mass is 19.2. The van der Waals surface area contributed by atoms with E-state index < -0.39 is 17.6 Å². The van der Waals surface area contributed by atoms with E-state index in [1.165, 1.54) is 37.8 Å².